The Morgan fingerprint density at radius 2 is 0.679 bits per heavy atom. The van der Waals surface area contributed by atoms with Gasteiger partial charge < -0.3 is 14.2 Å². The maximum Gasteiger partial charge on any atom is 0.189 e. The first-order valence-corrected chi connectivity index (χ1v) is 18.0. The van der Waals surface area contributed by atoms with Gasteiger partial charge in [0.25, 0.3) is 0 Å². The van der Waals surface area contributed by atoms with Crippen LogP contribution in [0.15, 0.2) is 212 Å². The second-order valence-electron chi connectivity index (χ2n) is 12.9. The lowest BCUT2D eigenvalue weighted by molar-refractivity contribution is -0.148. The molecule has 0 amide bonds. The van der Waals surface area contributed by atoms with Gasteiger partial charge in [0.2, 0.25) is 0 Å². The maximum absolute atomic E-state index is 14.7. The molecule has 7 rings (SSSR count). The Balaban J connectivity index is 1.27. The molecule has 0 aliphatic heterocycles. The van der Waals surface area contributed by atoms with E-state index in [9.17, 15) is 4.79 Å². The third-order valence-electron chi connectivity index (χ3n) is 9.62. The molecule has 0 fully saturated rings. The Morgan fingerprint density at radius 1 is 0.396 bits per heavy atom. The van der Waals surface area contributed by atoms with E-state index in [0.29, 0.717) is 0 Å². The molecule has 0 unspecified atom stereocenters. The molecule has 0 aliphatic carbocycles. The number of rotatable bonds is 16. The zero-order valence-corrected chi connectivity index (χ0v) is 29.5. The molecular formula is C49H42O4. The fraction of sp³-hybridized carbons (Fsp3) is 0.122. The number of benzene rings is 7. The van der Waals surface area contributed by atoms with E-state index in [1.165, 1.54) is 0 Å². The third kappa shape index (κ3) is 7.81. The highest BCUT2D eigenvalue weighted by Gasteiger charge is 2.41. The fourth-order valence-corrected chi connectivity index (χ4v) is 7.02. The van der Waals surface area contributed by atoms with Crippen LogP contribution >= 0.6 is 0 Å². The minimum Gasteiger partial charge on any atom is -0.363 e. The van der Waals surface area contributed by atoms with Crippen molar-refractivity contribution in [2.75, 3.05) is 13.2 Å². The topological polar surface area (TPSA) is 44.8 Å². The predicted octanol–water partition coefficient (Wildman–Crippen LogP) is 10.2. The first-order valence-electron chi connectivity index (χ1n) is 18.0. The normalized spacial score (nSPS) is 12.2. The summed E-state index contributed by atoms with van der Waals surface area (Å²) in [7, 11) is 0. The number of hydrogen-bond acceptors (Lipinski definition) is 4. The van der Waals surface area contributed by atoms with Gasteiger partial charge >= 0.3 is 0 Å². The van der Waals surface area contributed by atoms with Crippen LogP contribution in [0.2, 0.25) is 0 Å². The van der Waals surface area contributed by atoms with Gasteiger partial charge in [-0.05, 0) is 38.9 Å². The molecule has 0 saturated heterocycles. The highest BCUT2D eigenvalue weighted by molar-refractivity contribution is 5.84. The van der Waals surface area contributed by atoms with Crippen LogP contribution in [0.5, 0.6) is 0 Å². The summed E-state index contributed by atoms with van der Waals surface area (Å²) in [5, 5.41) is 0. The number of Topliss-reactive ketones (excluding diaryl/α,β-unsaturated/α-hetero) is 1. The van der Waals surface area contributed by atoms with Crippen molar-refractivity contribution in [1.29, 1.82) is 0 Å². The average molecular weight is 695 g/mol. The van der Waals surface area contributed by atoms with Crippen LogP contribution in [-0.2, 0) is 36.8 Å². The van der Waals surface area contributed by atoms with E-state index in [2.05, 4.69) is 36.4 Å². The summed E-state index contributed by atoms with van der Waals surface area (Å²) in [6.07, 6.45) is -0.953. The van der Waals surface area contributed by atoms with E-state index in [0.717, 1.165) is 38.9 Å². The largest absolute Gasteiger partial charge is 0.363 e. The van der Waals surface area contributed by atoms with Gasteiger partial charge in [-0.3, -0.25) is 4.79 Å². The van der Waals surface area contributed by atoms with E-state index in [4.69, 9.17) is 14.2 Å². The molecule has 4 nitrogen and oxygen atoms in total. The number of carbonyl (C=O) groups excluding carboxylic acids is 1. The van der Waals surface area contributed by atoms with Gasteiger partial charge in [0, 0.05) is 0 Å². The zero-order valence-electron chi connectivity index (χ0n) is 29.5. The number of ketones is 1. The predicted molar refractivity (Wildman–Crippen MR) is 210 cm³/mol. The highest BCUT2D eigenvalue weighted by Crippen LogP contribution is 2.42. The number of hydrogen-bond donors (Lipinski definition) is 0. The Kier molecular flexibility index (Phi) is 11.4. The summed E-state index contributed by atoms with van der Waals surface area (Å²) in [6.45, 7) is -0.0178. The molecule has 0 aliphatic rings. The lowest BCUT2D eigenvalue weighted by Gasteiger charge is -2.37. The summed E-state index contributed by atoms with van der Waals surface area (Å²) in [6, 6.07) is 70.6. The van der Waals surface area contributed by atoms with E-state index in [-0.39, 0.29) is 25.6 Å². The molecule has 0 N–H and O–H groups in total. The van der Waals surface area contributed by atoms with E-state index >= 15 is 0 Å². The molecule has 0 spiro atoms. The molecule has 0 radical (unpaired) electrons. The molecule has 1 atom stereocenters. The monoisotopic (exact) mass is 694 g/mol. The highest BCUT2D eigenvalue weighted by atomic mass is 16.6. The molecule has 262 valence electrons. The van der Waals surface area contributed by atoms with Crippen molar-refractivity contribution in [3.8, 4) is 0 Å². The quantitative estimate of drug-likeness (QED) is 0.0945. The van der Waals surface area contributed by atoms with Crippen LogP contribution in [0.4, 0.5) is 0 Å². The lowest BCUT2D eigenvalue weighted by atomic mass is 9.80. The SMILES string of the molecule is O=C(COC(c1ccccc1)(c1ccccc1)c1ccccc1)[C@H](COC(c1ccccc1)(c1ccccc1)c1ccccc1)OCc1ccccc1. The van der Waals surface area contributed by atoms with E-state index < -0.39 is 17.3 Å². The molecular weight excluding hydrogens is 653 g/mol. The summed E-state index contributed by atoms with van der Waals surface area (Å²) in [5.74, 6) is -0.226. The molecule has 0 bridgehead atoms. The molecule has 0 heterocycles. The van der Waals surface area contributed by atoms with Gasteiger partial charge in [-0.2, -0.15) is 0 Å². The van der Waals surface area contributed by atoms with Crippen molar-refractivity contribution >= 4 is 5.78 Å². The Hall–Kier alpha value is -5.91. The molecule has 0 saturated carbocycles. The summed E-state index contributed by atoms with van der Waals surface area (Å²) in [4.78, 5) is 14.7. The average Bonchev–Trinajstić information content (AvgIpc) is 3.25. The second kappa shape index (κ2) is 17.1. The van der Waals surface area contributed by atoms with Crippen LogP contribution in [0.1, 0.15) is 38.9 Å². The minimum absolute atomic E-state index is 0.0251. The Morgan fingerprint density at radius 3 is 1.00 bits per heavy atom. The molecule has 4 heteroatoms. The summed E-state index contributed by atoms with van der Waals surface area (Å²) >= 11 is 0. The van der Waals surface area contributed by atoms with E-state index in [1.54, 1.807) is 0 Å². The van der Waals surface area contributed by atoms with Gasteiger partial charge in [-0.25, -0.2) is 0 Å². The molecule has 7 aromatic carbocycles. The Bertz CT molecular complexity index is 1930. The maximum atomic E-state index is 14.7. The van der Waals surface area contributed by atoms with Gasteiger partial charge in [0.15, 0.2) is 5.78 Å². The lowest BCUT2D eigenvalue weighted by Crippen LogP contribution is -2.41. The third-order valence-corrected chi connectivity index (χ3v) is 9.62. The Labute approximate surface area is 312 Å². The van der Waals surface area contributed by atoms with Crippen LogP contribution < -0.4 is 0 Å². The van der Waals surface area contributed by atoms with Crippen molar-refractivity contribution in [3.63, 3.8) is 0 Å². The summed E-state index contributed by atoms with van der Waals surface area (Å²) < 4.78 is 20.6. The standard InChI is InChI=1S/C49H42O4/c50-46(37-52-48(40-24-10-2-11-25-40,41-26-12-3-13-27-41)42-28-14-4-15-29-42)47(51-36-39-22-8-1-9-23-39)38-53-49(43-30-16-5-17-31-43,44-32-18-6-19-33-44)45-34-20-7-21-35-45/h1-35,47H,36-38H2/t47-/m0/s1. The van der Waals surface area contributed by atoms with Crippen molar-refractivity contribution in [2.24, 2.45) is 0 Å². The van der Waals surface area contributed by atoms with Crippen molar-refractivity contribution < 1.29 is 19.0 Å². The second-order valence-corrected chi connectivity index (χ2v) is 12.9. The van der Waals surface area contributed by atoms with Crippen molar-refractivity contribution in [2.45, 2.75) is 23.9 Å². The molecule has 53 heavy (non-hydrogen) atoms. The molecule has 7 aromatic rings. The van der Waals surface area contributed by atoms with Crippen molar-refractivity contribution in [3.05, 3.63) is 251 Å². The summed E-state index contributed by atoms with van der Waals surface area (Å²) in [5.41, 5.74) is 4.45. The van der Waals surface area contributed by atoms with Crippen LogP contribution in [0.25, 0.3) is 0 Å². The smallest absolute Gasteiger partial charge is 0.189 e. The number of carbonyl (C=O) groups is 1. The molecule has 0 aromatic heterocycles. The van der Waals surface area contributed by atoms with Gasteiger partial charge in [-0.1, -0.05) is 212 Å². The minimum atomic E-state index is -1.06. The van der Waals surface area contributed by atoms with Crippen LogP contribution in [0.3, 0.4) is 0 Å². The van der Waals surface area contributed by atoms with Crippen LogP contribution in [0, 0.1) is 0 Å². The first-order chi connectivity index (χ1) is 26.2. The van der Waals surface area contributed by atoms with Crippen LogP contribution in [-0.4, -0.2) is 25.1 Å². The zero-order chi connectivity index (χ0) is 36.2. The van der Waals surface area contributed by atoms with E-state index in [1.807, 2.05) is 176 Å². The van der Waals surface area contributed by atoms with Crippen molar-refractivity contribution in [1.82, 2.24) is 0 Å². The van der Waals surface area contributed by atoms with Gasteiger partial charge in [-0.15, -0.1) is 0 Å². The van der Waals surface area contributed by atoms with Gasteiger partial charge in [0.05, 0.1) is 13.2 Å². The fourth-order valence-electron chi connectivity index (χ4n) is 7.02. The first kappa shape index (κ1) is 35.5. The number of ether oxygens (including phenoxy) is 3. The van der Waals surface area contributed by atoms with Gasteiger partial charge in [0.1, 0.15) is 23.9 Å².